The Kier molecular flexibility index (Phi) is 1.64. The highest BCUT2D eigenvalue weighted by atomic mass is 15.3. The second kappa shape index (κ2) is 2.66. The molecule has 2 rings (SSSR count). The van der Waals surface area contributed by atoms with Gasteiger partial charge < -0.3 is 4.90 Å². The molecule has 1 aromatic heterocycles. The van der Waals surface area contributed by atoms with Crippen molar-refractivity contribution in [2.24, 2.45) is 0 Å². The standard InChI is InChI=1S/C9H13N3/c1-7-3-4-8(2)12(7)9-5-6-10-11-9/h3,5-6,8H,4H2,1-2H3,(H,10,11). The van der Waals surface area contributed by atoms with Crippen LogP contribution in [0.3, 0.4) is 0 Å². The number of aromatic amines is 1. The fourth-order valence-corrected chi connectivity index (χ4v) is 1.70. The maximum absolute atomic E-state index is 3.94. The monoisotopic (exact) mass is 163 g/mol. The molecule has 0 bridgehead atoms. The van der Waals surface area contributed by atoms with Crippen molar-refractivity contribution in [1.29, 1.82) is 0 Å². The second-order valence-corrected chi connectivity index (χ2v) is 3.24. The minimum Gasteiger partial charge on any atom is -0.328 e. The van der Waals surface area contributed by atoms with Gasteiger partial charge in [0, 0.05) is 17.8 Å². The Bertz CT molecular complexity index is 287. The van der Waals surface area contributed by atoms with Crippen LogP contribution in [0.1, 0.15) is 20.3 Å². The van der Waals surface area contributed by atoms with E-state index >= 15 is 0 Å². The Hall–Kier alpha value is -1.25. The van der Waals surface area contributed by atoms with Crippen molar-refractivity contribution >= 4 is 5.82 Å². The third-order valence-corrected chi connectivity index (χ3v) is 2.32. The van der Waals surface area contributed by atoms with Gasteiger partial charge in [-0.05, 0) is 20.3 Å². The number of nitrogens with zero attached hydrogens (tertiary/aromatic N) is 2. The number of rotatable bonds is 1. The first kappa shape index (κ1) is 7.40. The van der Waals surface area contributed by atoms with Crippen molar-refractivity contribution in [1.82, 2.24) is 10.2 Å². The Morgan fingerprint density at radius 2 is 2.50 bits per heavy atom. The summed E-state index contributed by atoms with van der Waals surface area (Å²) in [5, 5.41) is 6.92. The molecule has 3 nitrogen and oxygen atoms in total. The van der Waals surface area contributed by atoms with E-state index in [1.165, 1.54) is 5.70 Å². The maximum atomic E-state index is 3.94. The second-order valence-electron chi connectivity index (χ2n) is 3.24. The van der Waals surface area contributed by atoms with Crippen molar-refractivity contribution in [2.75, 3.05) is 4.90 Å². The molecule has 0 radical (unpaired) electrons. The molecular weight excluding hydrogens is 150 g/mol. The maximum Gasteiger partial charge on any atom is 0.128 e. The molecule has 0 aliphatic carbocycles. The highest BCUT2D eigenvalue weighted by Crippen LogP contribution is 2.26. The van der Waals surface area contributed by atoms with Crippen molar-refractivity contribution < 1.29 is 0 Å². The first-order chi connectivity index (χ1) is 5.79. The molecule has 1 unspecified atom stereocenters. The molecule has 3 heteroatoms. The van der Waals surface area contributed by atoms with Gasteiger partial charge in [-0.15, -0.1) is 0 Å². The first-order valence-corrected chi connectivity index (χ1v) is 4.24. The predicted molar refractivity (Wildman–Crippen MR) is 48.9 cm³/mol. The topological polar surface area (TPSA) is 31.9 Å². The summed E-state index contributed by atoms with van der Waals surface area (Å²) < 4.78 is 0. The van der Waals surface area contributed by atoms with Gasteiger partial charge in [0.05, 0.1) is 6.20 Å². The van der Waals surface area contributed by atoms with Crippen LogP contribution in [0.25, 0.3) is 0 Å². The lowest BCUT2D eigenvalue weighted by atomic mass is 10.3. The fraction of sp³-hybridized carbons (Fsp3) is 0.444. The molecule has 1 aromatic rings. The third kappa shape index (κ3) is 1.02. The number of hydrogen-bond acceptors (Lipinski definition) is 2. The van der Waals surface area contributed by atoms with Gasteiger partial charge in [-0.25, -0.2) is 0 Å². The van der Waals surface area contributed by atoms with Crippen LogP contribution < -0.4 is 4.90 Å². The van der Waals surface area contributed by atoms with Crippen LogP contribution in [0.5, 0.6) is 0 Å². The van der Waals surface area contributed by atoms with Crippen molar-refractivity contribution in [3.8, 4) is 0 Å². The van der Waals surface area contributed by atoms with Crippen molar-refractivity contribution in [3.63, 3.8) is 0 Å². The smallest absolute Gasteiger partial charge is 0.128 e. The molecule has 0 amide bonds. The van der Waals surface area contributed by atoms with E-state index < -0.39 is 0 Å². The summed E-state index contributed by atoms with van der Waals surface area (Å²) in [5.74, 6) is 1.09. The zero-order valence-corrected chi connectivity index (χ0v) is 7.41. The molecule has 0 saturated heterocycles. The molecule has 1 atom stereocenters. The van der Waals surface area contributed by atoms with Gasteiger partial charge in [-0.3, -0.25) is 5.10 Å². The van der Waals surface area contributed by atoms with Crippen molar-refractivity contribution in [3.05, 3.63) is 24.0 Å². The highest BCUT2D eigenvalue weighted by Gasteiger charge is 2.21. The van der Waals surface area contributed by atoms with E-state index in [4.69, 9.17) is 0 Å². The Morgan fingerprint density at radius 3 is 3.00 bits per heavy atom. The van der Waals surface area contributed by atoms with Crippen LogP contribution in [0.2, 0.25) is 0 Å². The van der Waals surface area contributed by atoms with Gasteiger partial charge in [-0.2, -0.15) is 5.10 Å². The minimum atomic E-state index is 0.561. The number of hydrogen-bond donors (Lipinski definition) is 1. The van der Waals surface area contributed by atoms with Gasteiger partial charge >= 0.3 is 0 Å². The lowest BCUT2D eigenvalue weighted by Gasteiger charge is -2.23. The summed E-state index contributed by atoms with van der Waals surface area (Å²) in [6.07, 6.45) is 5.17. The molecule has 0 aromatic carbocycles. The average molecular weight is 163 g/mol. The Balaban J connectivity index is 2.29. The fourth-order valence-electron chi connectivity index (χ4n) is 1.70. The zero-order chi connectivity index (χ0) is 8.55. The summed E-state index contributed by atoms with van der Waals surface area (Å²) in [7, 11) is 0. The molecule has 64 valence electrons. The molecule has 1 aliphatic rings. The van der Waals surface area contributed by atoms with Crippen molar-refractivity contribution in [2.45, 2.75) is 26.3 Å². The summed E-state index contributed by atoms with van der Waals surface area (Å²) in [4.78, 5) is 2.27. The third-order valence-electron chi connectivity index (χ3n) is 2.32. The number of allylic oxidation sites excluding steroid dienone is 1. The van der Waals surface area contributed by atoms with Gasteiger partial charge in [0.15, 0.2) is 0 Å². The summed E-state index contributed by atoms with van der Waals surface area (Å²) >= 11 is 0. The van der Waals surface area contributed by atoms with E-state index in [1.54, 1.807) is 6.20 Å². The van der Waals surface area contributed by atoms with Gasteiger partial charge in [0.1, 0.15) is 5.82 Å². The van der Waals surface area contributed by atoms with Crippen LogP contribution in [-0.4, -0.2) is 16.2 Å². The predicted octanol–water partition coefficient (Wildman–Crippen LogP) is 1.91. The Morgan fingerprint density at radius 1 is 1.67 bits per heavy atom. The Labute approximate surface area is 72.1 Å². The largest absolute Gasteiger partial charge is 0.328 e. The van der Waals surface area contributed by atoms with E-state index in [-0.39, 0.29) is 0 Å². The number of aromatic nitrogens is 2. The molecule has 0 spiro atoms. The molecule has 2 heterocycles. The van der Waals surface area contributed by atoms with Crippen LogP contribution >= 0.6 is 0 Å². The van der Waals surface area contributed by atoms with E-state index in [1.807, 2.05) is 6.07 Å². The van der Waals surface area contributed by atoms with E-state index in [2.05, 4.69) is 35.0 Å². The molecule has 0 fully saturated rings. The first-order valence-electron chi connectivity index (χ1n) is 4.24. The van der Waals surface area contributed by atoms with Crippen LogP contribution in [-0.2, 0) is 0 Å². The van der Waals surface area contributed by atoms with E-state index in [9.17, 15) is 0 Å². The SMILES string of the molecule is CC1=CCC(C)N1c1ccn[nH]1. The lowest BCUT2D eigenvalue weighted by molar-refractivity contribution is 0.734. The normalized spacial score (nSPS) is 23.0. The minimum absolute atomic E-state index is 0.561. The quantitative estimate of drug-likeness (QED) is 0.685. The number of H-pyrrole nitrogens is 1. The van der Waals surface area contributed by atoms with Crippen LogP contribution in [0, 0.1) is 0 Å². The number of anilines is 1. The molecule has 12 heavy (non-hydrogen) atoms. The highest BCUT2D eigenvalue weighted by molar-refractivity contribution is 5.48. The van der Waals surface area contributed by atoms with E-state index in [0.29, 0.717) is 6.04 Å². The summed E-state index contributed by atoms with van der Waals surface area (Å²) in [6, 6.07) is 2.56. The average Bonchev–Trinajstić information content (AvgIpc) is 2.61. The lowest BCUT2D eigenvalue weighted by Crippen LogP contribution is -2.26. The van der Waals surface area contributed by atoms with Gasteiger partial charge in [0.2, 0.25) is 0 Å². The van der Waals surface area contributed by atoms with Crippen LogP contribution in [0.4, 0.5) is 5.82 Å². The molecule has 1 N–H and O–H groups in total. The molecule has 1 aliphatic heterocycles. The van der Waals surface area contributed by atoms with E-state index in [0.717, 1.165) is 12.2 Å². The summed E-state index contributed by atoms with van der Waals surface area (Å²) in [6.45, 7) is 4.35. The number of nitrogens with one attached hydrogen (secondary N) is 1. The molecular formula is C9H13N3. The van der Waals surface area contributed by atoms with Gasteiger partial charge in [-0.1, -0.05) is 6.08 Å². The summed E-state index contributed by atoms with van der Waals surface area (Å²) in [5.41, 5.74) is 1.31. The zero-order valence-electron chi connectivity index (χ0n) is 7.41. The van der Waals surface area contributed by atoms with Crippen LogP contribution in [0.15, 0.2) is 24.0 Å². The van der Waals surface area contributed by atoms with Gasteiger partial charge in [0.25, 0.3) is 0 Å². The molecule has 0 saturated carbocycles.